The molecule has 0 amide bonds. The van der Waals surface area contributed by atoms with Crippen LogP contribution >= 0.6 is 0 Å². The molecule has 0 bridgehead atoms. The fraction of sp³-hybridized carbons (Fsp3) is 0.684. The van der Waals surface area contributed by atoms with E-state index in [1.807, 2.05) is 0 Å². The number of nitrogens with one attached hydrogen (secondary N) is 1. The summed E-state index contributed by atoms with van der Waals surface area (Å²) in [5.74, 6) is 3.36. The summed E-state index contributed by atoms with van der Waals surface area (Å²) in [6, 6.07) is 9.51. The molecule has 1 N–H and O–H groups in total. The van der Waals surface area contributed by atoms with Gasteiger partial charge in [-0.2, -0.15) is 0 Å². The first-order valence-corrected chi connectivity index (χ1v) is 8.73. The standard InChI is InChI=1S/C19H29NO/c1-3-21-19-7-5-4-6-17(19)18-12-14(2)8-9-15(18)13-20-16-10-11-16/h4-7,14-16,18,20H,3,8-13H2,1-2H3. The highest BCUT2D eigenvalue weighted by Gasteiger charge is 2.32. The second kappa shape index (κ2) is 6.83. The van der Waals surface area contributed by atoms with Crippen LogP contribution in [0.2, 0.25) is 0 Å². The van der Waals surface area contributed by atoms with Gasteiger partial charge in [-0.3, -0.25) is 0 Å². The predicted molar refractivity (Wildman–Crippen MR) is 87.9 cm³/mol. The van der Waals surface area contributed by atoms with Crippen LogP contribution in [0, 0.1) is 11.8 Å². The number of para-hydroxylation sites is 1. The number of hydrogen-bond acceptors (Lipinski definition) is 2. The lowest BCUT2D eigenvalue weighted by atomic mass is 9.71. The maximum Gasteiger partial charge on any atom is 0.122 e. The molecule has 116 valence electrons. The lowest BCUT2D eigenvalue weighted by molar-refractivity contribution is 0.234. The minimum absolute atomic E-state index is 0.655. The highest BCUT2D eigenvalue weighted by atomic mass is 16.5. The van der Waals surface area contributed by atoms with E-state index in [4.69, 9.17) is 4.74 Å². The Kier molecular flexibility index (Phi) is 4.84. The Balaban J connectivity index is 1.77. The molecule has 1 aromatic rings. The van der Waals surface area contributed by atoms with Crippen molar-refractivity contribution in [1.29, 1.82) is 0 Å². The van der Waals surface area contributed by atoms with E-state index >= 15 is 0 Å². The molecule has 2 aliphatic carbocycles. The van der Waals surface area contributed by atoms with Gasteiger partial charge in [-0.05, 0) is 68.5 Å². The molecule has 3 atom stereocenters. The quantitative estimate of drug-likeness (QED) is 0.839. The number of ether oxygens (including phenoxy) is 1. The number of rotatable bonds is 6. The molecule has 0 heterocycles. The molecule has 0 spiro atoms. The van der Waals surface area contributed by atoms with Crippen LogP contribution in [-0.2, 0) is 0 Å². The minimum atomic E-state index is 0.655. The topological polar surface area (TPSA) is 21.3 Å². The largest absolute Gasteiger partial charge is 0.494 e. The molecule has 3 unspecified atom stereocenters. The summed E-state index contributed by atoms with van der Waals surface area (Å²) in [4.78, 5) is 0. The van der Waals surface area contributed by atoms with Gasteiger partial charge in [-0.15, -0.1) is 0 Å². The lowest BCUT2D eigenvalue weighted by Gasteiger charge is -2.36. The van der Waals surface area contributed by atoms with E-state index in [0.29, 0.717) is 5.92 Å². The van der Waals surface area contributed by atoms with Crippen molar-refractivity contribution in [2.24, 2.45) is 11.8 Å². The van der Waals surface area contributed by atoms with Crippen LogP contribution in [-0.4, -0.2) is 19.2 Å². The minimum Gasteiger partial charge on any atom is -0.494 e. The SMILES string of the molecule is CCOc1ccccc1C1CC(C)CCC1CNC1CC1. The molecular formula is C19H29NO. The van der Waals surface area contributed by atoms with E-state index in [9.17, 15) is 0 Å². The Labute approximate surface area is 129 Å². The third-order valence-corrected chi connectivity index (χ3v) is 5.12. The molecule has 0 aliphatic heterocycles. The molecule has 2 nitrogen and oxygen atoms in total. The zero-order valence-corrected chi connectivity index (χ0v) is 13.5. The van der Waals surface area contributed by atoms with Crippen LogP contribution in [0.1, 0.15) is 57.4 Å². The smallest absolute Gasteiger partial charge is 0.122 e. The zero-order valence-electron chi connectivity index (χ0n) is 13.5. The van der Waals surface area contributed by atoms with Crippen molar-refractivity contribution < 1.29 is 4.74 Å². The van der Waals surface area contributed by atoms with Crippen molar-refractivity contribution in [2.75, 3.05) is 13.2 Å². The fourth-order valence-corrected chi connectivity index (χ4v) is 3.75. The third kappa shape index (κ3) is 3.79. The Morgan fingerprint density at radius 3 is 2.71 bits per heavy atom. The van der Waals surface area contributed by atoms with Crippen molar-refractivity contribution in [1.82, 2.24) is 5.32 Å². The second-order valence-electron chi connectivity index (χ2n) is 6.94. The molecular weight excluding hydrogens is 258 g/mol. The summed E-state index contributed by atoms with van der Waals surface area (Å²) in [6.45, 7) is 6.42. The molecule has 2 saturated carbocycles. The van der Waals surface area contributed by atoms with Crippen molar-refractivity contribution in [3.8, 4) is 5.75 Å². The van der Waals surface area contributed by atoms with Crippen molar-refractivity contribution >= 4 is 0 Å². The first-order chi connectivity index (χ1) is 10.3. The third-order valence-electron chi connectivity index (χ3n) is 5.12. The van der Waals surface area contributed by atoms with Gasteiger partial charge in [-0.1, -0.05) is 31.5 Å². The van der Waals surface area contributed by atoms with Crippen LogP contribution in [0.3, 0.4) is 0 Å². The van der Waals surface area contributed by atoms with Crippen molar-refractivity contribution in [3.05, 3.63) is 29.8 Å². The summed E-state index contributed by atoms with van der Waals surface area (Å²) in [5.41, 5.74) is 1.44. The predicted octanol–water partition coefficient (Wildman–Crippen LogP) is 4.36. The summed E-state index contributed by atoms with van der Waals surface area (Å²) in [7, 11) is 0. The summed E-state index contributed by atoms with van der Waals surface area (Å²) < 4.78 is 5.89. The second-order valence-corrected chi connectivity index (χ2v) is 6.94. The van der Waals surface area contributed by atoms with Gasteiger partial charge < -0.3 is 10.1 Å². The molecule has 0 aromatic heterocycles. The average Bonchev–Trinajstić information content (AvgIpc) is 3.31. The van der Waals surface area contributed by atoms with E-state index in [1.54, 1.807) is 0 Å². The van der Waals surface area contributed by atoms with Gasteiger partial charge in [0, 0.05) is 6.04 Å². The van der Waals surface area contributed by atoms with Gasteiger partial charge in [0.2, 0.25) is 0 Å². The maximum atomic E-state index is 5.89. The lowest BCUT2D eigenvalue weighted by Crippen LogP contribution is -2.32. The van der Waals surface area contributed by atoms with E-state index in [2.05, 4.69) is 43.4 Å². The Morgan fingerprint density at radius 2 is 1.95 bits per heavy atom. The zero-order chi connectivity index (χ0) is 14.7. The van der Waals surface area contributed by atoms with E-state index in [0.717, 1.165) is 30.2 Å². The monoisotopic (exact) mass is 287 g/mol. The summed E-state index contributed by atoms with van der Waals surface area (Å²) in [6.07, 6.45) is 6.80. The number of hydrogen-bond donors (Lipinski definition) is 1. The molecule has 0 radical (unpaired) electrons. The molecule has 1 aromatic carbocycles. The van der Waals surface area contributed by atoms with Gasteiger partial charge in [0.25, 0.3) is 0 Å². The molecule has 3 rings (SSSR count). The Hall–Kier alpha value is -1.02. The highest BCUT2D eigenvalue weighted by Crippen LogP contribution is 2.43. The molecule has 2 heteroatoms. The van der Waals surface area contributed by atoms with Crippen LogP contribution in [0.5, 0.6) is 5.75 Å². The van der Waals surface area contributed by atoms with Gasteiger partial charge in [-0.25, -0.2) is 0 Å². The van der Waals surface area contributed by atoms with Crippen LogP contribution in [0.25, 0.3) is 0 Å². The first kappa shape index (κ1) is 14.9. The van der Waals surface area contributed by atoms with E-state index in [-0.39, 0.29) is 0 Å². The van der Waals surface area contributed by atoms with Gasteiger partial charge >= 0.3 is 0 Å². The maximum absolute atomic E-state index is 5.89. The van der Waals surface area contributed by atoms with Crippen LogP contribution in [0.15, 0.2) is 24.3 Å². The molecule has 0 saturated heterocycles. The van der Waals surface area contributed by atoms with Crippen molar-refractivity contribution in [3.63, 3.8) is 0 Å². The van der Waals surface area contributed by atoms with Gasteiger partial charge in [0.1, 0.15) is 5.75 Å². The first-order valence-electron chi connectivity index (χ1n) is 8.73. The highest BCUT2D eigenvalue weighted by molar-refractivity contribution is 5.37. The van der Waals surface area contributed by atoms with Crippen LogP contribution < -0.4 is 10.1 Å². The summed E-state index contributed by atoms with van der Waals surface area (Å²) >= 11 is 0. The van der Waals surface area contributed by atoms with Gasteiger partial charge in [0.15, 0.2) is 0 Å². The van der Waals surface area contributed by atoms with Gasteiger partial charge in [0.05, 0.1) is 6.61 Å². The van der Waals surface area contributed by atoms with Crippen LogP contribution in [0.4, 0.5) is 0 Å². The number of benzene rings is 1. The van der Waals surface area contributed by atoms with Crippen molar-refractivity contribution in [2.45, 2.75) is 57.9 Å². The Morgan fingerprint density at radius 1 is 1.14 bits per heavy atom. The molecule has 2 fully saturated rings. The molecule has 2 aliphatic rings. The normalized spacial score (nSPS) is 29.3. The fourth-order valence-electron chi connectivity index (χ4n) is 3.75. The summed E-state index contributed by atoms with van der Waals surface area (Å²) in [5, 5.41) is 3.75. The average molecular weight is 287 g/mol. The molecule has 21 heavy (non-hydrogen) atoms. The van der Waals surface area contributed by atoms with E-state index in [1.165, 1.54) is 44.2 Å². The van der Waals surface area contributed by atoms with E-state index < -0.39 is 0 Å². The Bertz CT molecular complexity index is 455.